The van der Waals surface area contributed by atoms with Gasteiger partial charge in [0.2, 0.25) is 0 Å². The molecule has 22 heavy (non-hydrogen) atoms. The van der Waals surface area contributed by atoms with E-state index in [9.17, 15) is 4.39 Å². The number of likely N-dealkylation sites (tertiary alicyclic amines) is 1. The van der Waals surface area contributed by atoms with Crippen LogP contribution in [0.4, 0.5) is 4.39 Å². The largest absolute Gasteiger partial charge is 0.330 e. The molecule has 0 radical (unpaired) electrons. The number of rotatable bonds is 4. The van der Waals surface area contributed by atoms with E-state index in [0.717, 1.165) is 25.2 Å². The van der Waals surface area contributed by atoms with Crippen LogP contribution in [-0.2, 0) is 6.54 Å². The Balaban J connectivity index is 1.72. The van der Waals surface area contributed by atoms with Gasteiger partial charge in [-0.05, 0) is 51.7 Å². The molecule has 0 saturated carbocycles. The van der Waals surface area contributed by atoms with E-state index in [2.05, 4.69) is 45.1 Å². The lowest BCUT2D eigenvalue weighted by atomic mass is 9.89. The maximum absolute atomic E-state index is 13.3. The van der Waals surface area contributed by atoms with Crippen molar-refractivity contribution in [3.05, 3.63) is 69.9 Å². The van der Waals surface area contributed by atoms with E-state index in [-0.39, 0.29) is 5.82 Å². The van der Waals surface area contributed by atoms with Gasteiger partial charge in [0.25, 0.3) is 0 Å². The first-order chi connectivity index (χ1) is 10.7. The Bertz CT molecular complexity index is 632. The van der Waals surface area contributed by atoms with Gasteiger partial charge in [-0.3, -0.25) is 4.90 Å². The zero-order valence-corrected chi connectivity index (χ0v) is 14.0. The average Bonchev–Trinajstić information content (AvgIpc) is 2.95. The van der Waals surface area contributed by atoms with Crippen LogP contribution in [0.3, 0.4) is 0 Å². The van der Waals surface area contributed by atoms with Crippen molar-refractivity contribution in [2.75, 3.05) is 19.6 Å². The predicted octanol–water partition coefficient (Wildman–Crippen LogP) is 3.76. The van der Waals surface area contributed by atoms with E-state index in [4.69, 9.17) is 5.73 Å². The van der Waals surface area contributed by atoms with Crippen LogP contribution < -0.4 is 5.73 Å². The summed E-state index contributed by atoms with van der Waals surface area (Å²) in [7, 11) is 0. The van der Waals surface area contributed by atoms with Crippen molar-refractivity contribution in [1.82, 2.24) is 4.90 Å². The molecule has 0 aromatic heterocycles. The van der Waals surface area contributed by atoms with Crippen molar-refractivity contribution in [2.45, 2.75) is 12.5 Å². The molecule has 1 saturated heterocycles. The zero-order valence-electron chi connectivity index (χ0n) is 12.4. The van der Waals surface area contributed by atoms with Gasteiger partial charge >= 0.3 is 0 Å². The first-order valence-electron chi connectivity index (χ1n) is 7.58. The van der Waals surface area contributed by atoms with Crippen molar-refractivity contribution in [3.63, 3.8) is 0 Å². The fraction of sp³-hybridized carbons (Fsp3) is 0.333. The smallest absolute Gasteiger partial charge is 0.137 e. The number of nitrogens with zero attached hydrogens (tertiary/aromatic N) is 1. The summed E-state index contributed by atoms with van der Waals surface area (Å²) in [5.74, 6) is 0.744. The topological polar surface area (TPSA) is 29.3 Å². The Hall–Kier alpha value is -1.23. The molecule has 1 heterocycles. The molecule has 2 aromatic carbocycles. The second kappa shape index (κ2) is 6.90. The number of nitrogens with two attached hydrogens (primary N) is 1. The summed E-state index contributed by atoms with van der Waals surface area (Å²) in [5.41, 5.74) is 8.46. The van der Waals surface area contributed by atoms with E-state index in [0.29, 0.717) is 22.9 Å². The zero-order chi connectivity index (χ0) is 15.5. The van der Waals surface area contributed by atoms with Crippen molar-refractivity contribution < 1.29 is 4.39 Å². The van der Waals surface area contributed by atoms with Gasteiger partial charge in [-0.15, -0.1) is 0 Å². The number of halogens is 2. The number of hydrogen-bond donors (Lipinski definition) is 1. The molecule has 1 aliphatic rings. The quantitative estimate of drug-likeness (QED) is 0.896. The first-order valence-corrected chi connectivity index (χ1v) is 8.38. The van der Waals surface area contributed by atoms with E-state index in [1.165, 1.54) is 11.6 Å². The van der Waals surface area contributed by atoms with E-state index in [1.807, 2.05) is 18.2 Å². The summed E-state index contributed by atoms with van der Waals surface area (Å²) in [6.07, 6.45) is 0. The summed E-state index contributed by atoms with van der Waals surface area (Å²) in [6.45, 7) is 3.52. The van der Waals surface area contributed by atoms with Gasteiger partial charge < -0.3 is 5.73 Å². The molecular formula is C18H20BrFN2. The molecule has 116 valence electrons. The molecule has 1 fully saturated rings. The molecule has 2 aromatic rings. The molecule has 0 spiro atoms. The van der Waals surface area contributed by atoms with Gasteiger partial charge in [0.1, 0.15) is 5.82 Å². The minimum atomic E-state index is -0.216. The highest BCUT2D eigenvalue weighted by molar-refractivity contribution is 9.10. The predicted molar refractivity (Wildman–Crippen MR) is 91.1 cm³/mol. The van der Waals surface area contributed by atoms with Crippen molar-refractivity contribution in [1.29, 1.82) is 0 Å². The second-order valence-electron chi connectivity index (χ2n) is 5.96. The van der Waals surface area contributed by atoms with Crippen molar-refractivity contribution >= 4 is 15.9 Å². The molecular weight excluding hydrogens is 343 g/mol. The molecule has 0 amide bonds. The Morgan fingerprint density at radius 1 is 1.14 bits per heavy atom. The Morgan fingerprint density at radius 2 is 1.91 bits per heavy atom. The molecule has 0 aliphatic carbocycles. The van der Waals surface area contributed by atoms with Gasteiger partial charge in [0.15, 0.2) is 0 Å². The minimum Gasteiger partial charge on any atom is -0.330 e. The lowest BCUT2D eigenvalue weighted by Crippen LogP contribution is -2.23. The lowest BCUT2D eigenvalue weighted by Gasteiger charge is -2.17. The highest BCUT2D eigenvalue weighted by atomic mass is 79.9. The molecule has 4 heteroatoms. The number of benzene rings is 2. The summed E-state index contributed by atoms with van der Waals surface area (Å²) < 4.78 is 13.9. The number of hydrogen-bond acceptors (Lipinski definition) is 2. The van der Waals surface area contributed by atoms with Crippen LogP contribution in [0.2, 0.25) is 0 Å². The minimum absolute atomic E-state index is 0.216. The summed E-state index contributed by atoms with van der Waals surface area (Å²) in [6, 6.07) is 15.8. The van der Waals surface area contributed by atoms with Crippen molar-refractivity contribution in [3.8, 4) is 0 Å². The van der Waals surface area contributed by atoms with Crippen LogP contribution in [0.5, 0.6) is 0 Å². The van der Waals surface area contributed by atoms with Crippen LogP contribution in [0, 0.1) is 11.7 Å². The third-order valence-corrected chi connectivity index (χ3v) is 5.05. The van der Waals surface area contributed by atoms with Crippen LogP contribution in [0.15, 0.2) is 53.0 Å². The second-order valence-corrected chi connectivity index (χ2v) is 6.81. The highest BCUT2D eigenvalue weighted by Crippen LogP contribution is 2.33. The van der Waals surface area contributed by atoms with Crippen LogP contribution in [0.1, 0.15) is 17.0 Å². The third kappa shape index (κ3) is 3.40. The molecule has 2 N–H and O–H groups in total. The summed E-state index contributed by atoms with van der Waals surface area (Å²) in [5, 5.41) is 0. The maximum Gasteiger partial charge on any atom is 0.137 e. The molecule has 0 unspecified atom stereocenters. The van der Waals surface area contributed by atoms with Gasteiger partial charge in [-0.1, -0.05) is 36.4 Å². The SMILES string of the molecule is NC[C@@H]1CN(Cc2ccc(F)c(Br)c2)C[C@H]1c1ccccc1. The Morgan fingerprint density at radius 3 is 2.59 bits per heavy atom. The average molecular weight is 363 g/mol. The van der Waals surface area contributed by atoms with Crippen LogP contribution in [-0.4, -0.2) is 24.5 Å². The first kappa shape index (κ1) is 15.7. The van der Waals surface area contributed by atoms with Crippen molar-refractivity contribution in [2.24, 2.45) is 11.7 Å². The standard InChI is InChI=1S/C18H20BrFN2/c19-17-8-13(6-7-18(17)20)10-22-11-15(9-21)16(12-22)14-4-2-1-3-5-14/h1-8,15-16H,9-12,21H2/t15-,16+/m1/s1. The fourth-order valence-electron chi connectivity index (χ4n) is 3.30. The summed E-state index contributed by atoms with van der Waals surface area (Å²) >= 11 is 3.26. The van der Waals surface area contributed by atoms with E-state index < -0.39 is 0 Å². The van der Waals surface area contributed by atoms with E-state index >= 15 is 0 Å². The van der Waals surface area contributed by atoms with Gasteiger partial charge in [0, 0.05) is 25.6 Å². The lowest BCUT2D eigenvalue weighted by molar-refractivity contribution is 0.316. The Labute approximate surface area is 139 Å². The molecule has 0 bridgehead atoms. The van der Waals surface area contributed by atoms with Gasteiger partial charge in [-0.2, -0.15) is 0 Å². The third-order valence-electron chi connectivity index (χ3n) is 4.44. The molecule has 2 atom stereocenters. The van der Waals surface area contributed by atoms with E-state index in [1.54, 1.807) is 0 Å². The monoisotopic (exact) mass is 362 g/mol. The van der Waals surface area contributed by atoms with Gasteiger partial charge in [-0.25, -0.2) is 4.39 Å². The maximum atomic E-state index is 13.3. The van der Waals surface area contributed by atoms with Gasteiger partial charge in [0.05, 0.1) is 4.47 Å². The summed E-state index contributed by atoms with van der Waals surface area (Å²) in [4.78, 5) is 2.41. The van der Waals surface area contributed by atoms with Crippen LogP contribution in [0.25, 0.3) is 0 Å². The molecule has 3 rings (SSSR count). The molecule has 1 aliphatic heterocycles. The fourth-order valence-corrected chi connectivity index (χ4v) is 3.73. The molecule has 2 nitrogen and oxygen atoms in total. The Kier molecular flexibility index (Phi) is 4.91. The highest BCUT2D eigenvalue weighted by Gasteiger charge is 2.32. The normalized spacial score (nSPS) is 22.1. The van der Waals surface area contributed by atoms with Crippen LogP contribution >= 0.6 is 15.9 Å².